The van der Waals surface area contributed by atoms with Gasteiger partial charge in [-0.25, -0.2) is 0 Å². The second-order valence-electron chi connectivity index (χ2n) is 6.78. The minimum Gasteiger partial charge on any atom is -0.323 e. The molecule has 2 aromatic heterocycles. The Labute approximate surface area is 130 Å². The number of benzene rings is 1. The molecule has 110 valence electrons. The summed E-state index contributed by atoms with van der Waals surface area (Å²) < 4.78 is 0. The molecule has 0 fully saturated rings. The lowest BCUT2D eigenvalue weighted by atomic mass is 9.86. The molecule has 2 heterocycles. The molecule has 0 bridgehead atoms. The van der Waals surface area contributed by atoms with E-state index in [9.17, 15) is 0 Å². The third kappa shape index (κ3) is 1.93. The van der Waals surface area contributed by atoms with Crippen molar-refractivity contribution in [3.05, 3.63) is 59.9 Å². The molecule has 1 aliphatic carbocycles. The fourth-order valence-corrected chi connectivity index (χ4v) is 3.45. The van der Waals surface area contributed by atoms with E-state index in [0.29, 0.717) is 0 Å². The van der Waals surface area contributed by atoms with E-state index < -0.39 is 0 Å². The van der Waals surface area contributed by atoms with E-state index in [2.05, 4.69) is 48.1 Å². The lowest BCUT2D eigenvalue weighted by molar-refractivity contribution is 0.319. The van der Waals surface area contributed by atoms with Crippen LogP contribution in [0.2, 0.25) is 0 Å². The van der Waals surface area contributed by atoms with Gasteiger partial charge in [0.15, 0.2) is 0 Å². The molecule has 0 radical (unpaired) electrons. The number of nitrogens with zero attached hydrogens (tertiary/aromatic N) is 2. The van der Waals surface area contributed by atoms with Crippen LogP contribution in [0.5, 0.6) is 0 Å². The van der Waals surface area contributed by atoms with Gasteiger partial charge >= 0.3 is 0 Å². The maximum atomic E-state index is 6.43. The van der Waals surface area contributed by atoms with Gasteiger partial charge in [0.25, 0.3) is 0 Å². The number of hydrogen-bond donors (Lipinski definition) is 1. The fraction of sp³-hybridized carbons (Fsp3) is 0.263. The highest BCUT2D eigenvalue weighted by Gasteiger charge is 2.37. The summed E-state index contributed by atoms with van der Waals surface area (Å²) in [4.78, 5) is 8.96. The van der Waals surface area contributed by atoms with Crippen LogP contribution in [0, 0.1) is 5.41 Å². The molecule has 0 aliphatic heterocycles. The molecule has 1 atom stereocenters. The van der Waals surface area contributed by atoms with Crippen LogP contribution in [0.1, 0.15) is 31.0 Å². The molecule has 2 N–H and O–H groups in total. The minimum absolute atomic E-state index is 0.0917. The Kier molecular flexibility index (Phi) is 2.81. The Morgan fingerprint density at radius 1 is 1.09 bits per heavy atom. The molecule has 1 aliphatic rings. The molecule has 0 amide bonds. The van der Waals surface area contributed by atoms with Crippen LogP contribution in [0.25, 0.3) is 22.2 Å². The Morgan fingerprint density at radius 3 is 2.82 bits per heavy atom. The highest BCUT2D eigenvalue weighted by atomic mass is 14.7. The van der Waals surface area contributed by atoms with Crippen molar-refractivity contribution in [1.82, 2.24) is 9.97 Å². The summed E-state index contributed by atoms with van der Waals surface area (Å²) in [5, 5.41) is 0. The number of rotatable bonds is 1. The smallest absolute Gasteiger partial charge is 0.0892 e. The standard InChI is InChI=1S/C19H19N3/c1-19(2)10-15-13(5-3-6-14(15)18(19)20)12-9-17-16(22-11-12)7-4-8-21-17/h3-9,11,18H,10,20H2,1-2H3. The number of nitrogens with two attached hydrogens (primary N) is 1. The van der Waals surface area contributed by atoms with Gasteiger partial charge in [0.05, 0.1) is 11.0 Å². The Hall–Kier alpha value is -2.26. The predicted octanol–water partition coefficient (Wildman–Crippen LogP) is 3.88. The molecule has 1 aromatic carbocycles. The molecule has 0 saturated heterocycles. The second kappa shape index (κ2) is 4.62. The molecule has 0 spiro atoms. The molecule has 22 heavy (non-hydrogen) atoms. The van der Waals surface area contributed by atoms with Crippen LogP contribution in [-0.2, 0) is 6.42 Å². The van der Waals surface area contributed by atoms with Crippen molar-refractivity contribution in [1.29, 1.82) is 0 Å². The van der Waals surface area contributed by atoms with E-state index in [-0.39, 0.29) is 11.5 Å². The average Bonchev–Trinajstić information content (AvgIpc) is 2.77. The van der Waals surface area contributed by atoms with Gasteiger partial charge in [-0.2, -0.15) is 0 Å². The van der Waals surface area contributed by atoms with Gasteiger partial charge in [0.2, 0.25) is 0 Å². The lowest BCUT2D eigenvalue weighted by Crippen LogP contribution is -2.24. The summed E-state index contributed by atoms with van der Waals surface area (Å²) in [5.41, 5.74) is 13.4. The molecule has 4 rings (SSSR count). The lowest BCUT2D eigenvalue weighted by Gasteiger charge is -2.23. The average molecular weight is 289 g/mol. The monoisotopic (exact) mass is 289 g/mol. The first-order valence-electron chi connectivity index (χ1n) is 7.65. The van der Waals surface area contributed by atoms with Crippen LogP contribution in [-0.4, -0.2) is 9.97 Å². The number of hydrogen-bond acceptors (Lipinski definition) is 3. The number of fused-ring (bicyclic) bond motifs is 2. The molecule has 3 nitrogen and oxygen atoms in total. The normalized spacial score (nSPS) is 19.3. The van der Waals surface area contributed by atoms with Crippen LogP contribution >= 0.6 is 0 Å². The van der Waals surface area contributed by atoms with Gasteiger partial charge in [-0.15, -0.1) is 0 Å². The first kappa shape index (κ1) is 13.4. The van der Waals surface area contributed by atoms with E-state index in [1.54, 1.807) is 0 Å². The molecule has 3 heteroatoms. The first-order valence-corrected chi connectivity index (χ1v) is 7.65. The topological polar surface area (TPSA) is 51.8 Å². The maximum Gasteiger partial charge on any atom is 0.0892 e. The zero-order chi connectivity index (χ0) is 15.3. The van der Waals surface area contributed by atoms with E-state index in [1.165, 1.54) is 16.7 Å². The highest BCUT2D eigenvalue weighted by Crippen LogP contribution is 2.46. The van der Waals surface area contributed by atoms with Crippen molar-refractivity contribution in [2.45, 2.75) is 26.3 Å². The zero-order valence-corrected chi connectivity index (χ0v) is 12.9. The van der Waals surface area contributed by atoms with Crippen LogP contribution in [0.15, 0.2) is 48.8 Å². The van der Waals surface area contributed by atoms with Gasteiger partial charge in [0, 0.05) is 24.0 Å². The summed E-state index contributed by atoms with van der Waals surface area (Å²) in [5.74, 6) is 0. The maximum absolute atomic E-state index is 6.43. The number of aromatic nitrogens is 2. The van der Waals surface area contributed by atoms with Gasteiger partial charge in [0.1, 0.15) is 0 Å². The summed E-state index contributed by atoms with van der Waals surface area (Å²) in [6, 6.07) is 12.5. The summed E-state index contributed by atoms with van der Waals surface area (Å²) in [6.45, 7) is 4.48. The first-order chi connectivity index (χ1) is 10.6. The summed E-state index contributed by atoms with van der Waals surface area (Å²) >= 11 is 0. The van der Waals surface area contributed by atoms with E-state index in [0.717, 1.165) is 23.0 Å². The highest BCUT2D eigenvalue weighted by molar-refractivity contribution is 5.81. The van der Waals surface area contributed by atoms with E-state index >= 15 is 0 Å². The minimum atomic E-state index is 0.0917. The quantitative estimate of drug-likeness (QED) is 0.739. The van der Waals surface area contributed by atoms with Gasteiger partial charge < -0.3 is 5.73 Å². The summed E-state index contributed by atoms with van der Waals surface area (Å²) in [6.07, 6.45) is 4.75. The third-order valence-electron chi connectivity index (χ3n) is 4.78. The van der Waals surface area contributed by atoms with Gasteiger partial charge in [-0.1, -0.05) is 32.0 Å². The van der Waals surface area contributed by atoms with Gasteiger partial charge in [-0.05, 0) is 46.7 Å². The van der Waals surface area contributed by atoms with Crippen LogP contribution in [0.4, 0.5) is 0 Å². The Morgan fingerprint density at radius 2 is 1.95 bits per heavy atom. The van der Waals surface area contributed by atoms with Crippen molar-refractivity contribution in [2.24, 2.45) is 11.1 Å². The molecule has 1 unspecified atom stereocenters. The molecular weight excluding hydrogens is 270 g/mol. The van der Waals surface area contributed by atoms with Crippen molar-refractivity contribution < 1.29 is 0 Å². The largest absolute Gasteiger partial charge is 0.323 e. The Bertz CT molecular complexity index is 867. The number of pyridine rings is 2. The Balaban J connectivity index is 1.90. The van der Waals surface area contributed by atoms with Crippen LogP contribution in [0.3, 0.4) is 0 Å². The van der Waals surface area contributed by atoms with E-state index in [1.807, 2.05) is 24.5 Å². The SMILES string of the molecule is CC1(C)Cc2c(-c3cnc4cccnc4c3)cccc2C1N. The van der Waals surface area contributed by atoms with Crippen molar-refractivity contribution >= 4 is 11.0 Å². The zero-order valence-electron chi connectivity index (χ0n) is 12.9. The third-order valence-corrected chi connectivity index (χ3v) is 4.78. The van der Waals surface area contributed by atoms with Crippen molar-refractivity contribution in [2.75, 3.05) is 0 Å². The second-order valence-corrected chi connectivity index (χ2v) is 6.78. The summed E-state index contributed by atoms with van der Waals surface area (Å²) in [7, 11) is 0. The predicted molar refractivity (Wildman–Crippen MR) is 89.4 cm³/mol. The van der Waals surface area contributed by atoms with Crippen LogP contribution < -0.4 is 5.73 Å². The van der Waals surface area contributed by atoms with Crippen molar-refractivity contribution in [3.63, 3.8) is 0 Å². The molecule has 3 aromatic rings. The molecular formula is C19H19N3. The van der Waals surface area contributed by atoms with E-state index in [4.69, 9.17) is 5.73 Å². The van der Waals surface area contributed by atoms with Gasteiger partial charge in [-0.3, -0.25) is 9.97 Å². The van der Waals surface area contributed by atoms with Crippen molar-refractivity contribution in [3.8, 4) is 11.1 Å². The molecule has 0 saturated carbocycles. The fourth-order valence-electron chi connectivity index (χ4n) is 3.45.